The molecule has 0 fully saturated rings. The summed E-state index contributed by atoms with van der Waals surface area (Å²) < 4.78 is 16.1. The second-order valence-electron chi connectivity index (χ2n) is 14.1. The molecular formula is C42H60N10O9. The topological polar surface area (TPSA) is 320 Å². The normalized spacial score (nSPS) is 12.2. The van der Waals surface area contributed by atoms with Crippen LogP contribution in [0.5, 0.6) is 17.2 Å². The molecule has 0 bridgehead atoms. The number of primary amides is 1. The Morgan fingerprint density at radius 2 is 0.852 bits per heavy atom. The molecule has 0 heterocycles. The number of unbranched alkanes of at least 4 members (excludes halogenated alkanes) is 3. The van der Waals surface area contributed by atoms with Crippen molar-refractivity contribution in [3.8, 4) is 17.2 Å². The predicted octanol–water partition coefficient (Wildman–Crippen LogP) is 1.94. The van der Waals surface area contributed by atoms with Crippen molar-refractivity contribution in [1.82, 2.24) is 10.6 Å². The van der Waals surface area contributed by atoms with Gasteiger partial charge in [0.25, 0.3) is 17.7 Å². The molecule has 61 heavy (non-hydrogen) atoms. The van der Waals surface area contributed by atoms with Crippen LogP contribution in [0.3, 0.4) is 0 Å². The van der Waals surface area contributed by atoms with Crippen molar-refractivity contribution in [2.75, 3.05) is 56.9 Å². The number of nitrogens with one attached hydrogen (secondary N) is 5. The molecule has 3 aromatic carbocycles. The van der Waals surface area contributed by atoms with E-state index in [9.17, 15) is 28.8 Å². The van der Waals surface area contributed by atoms with E-state index in [1.165, 1.54) is 69.9 Å². The first kappa shape index (κ1) is 49.1. The highest BCUT2D eigenvalue weighted by Gasteiger charge is 2.27. The van der Waals surface area contributed by atoms with E-state index in [2.05, 4.69) is 26.6 Å². The number of hydrogen-bond donors (Lipinski definition) is 10. The van der Waals surface area contributed by atoms with Gasteiger partial charge in [-0.3, -0.25) is 28.8 Å². The number of amides is 6. The number of benzene rings is 3. The zero-order valence-electron chi connectivity index (χ0n) is 35.0. The van der Waals surface area contributed by atoms with Crippen LogP contribution in [0.15, 0.2) is 54.6 Å². The first-order chi connectivity index (χ1) is 29.3. The van der Waals surface area contributed by atoms with Gasteiger partial charge in [-0.2, -0.15) is 0 Å². The summed E-state index contributed by atoms with van der Waals surface area (Å²) in [4.78, 5) is 79.7. The Balaban J connectivity index is 1.84. The van der Waals surface area contributed by atoms with Gasteiger partial charge in [-0.15, -0.1) is 0 Å². The molecular weight excluding hydrogens is 789 g/mol. The second-order valence-corrected chi connectivity index (χ2v) is 14.1. The molecule has 0 radical (unpaired) electrons. The van der Waals surface area contributed by atoms with E-state index >= 15 is 0 Å². The largest absolute Gasteiger partial charge is 0.496 e. The van der Waals surface area contributed by atoms with Crippen LogP contribution in [0.25, 0.3) is 0 Å². The molecule has 0 aliphatic carbocycles. The van der Waals surface area contributed by atoms with Crippen LogP contribution in [0.2, 0.25) is 0 Å². The lowest BCUT2D eigenvalue weighted by Gasteiger charge is -2.21. The molecule has 15 N–H and O–H groups in total. The van der Waals surface area contributed by atoms with Crippen LogP contribution in [-0.4, -0.2) is 94.5 Å². The summed E-state index contributed by atoms with van der Waals surface area (Å²) in [5.74, 6) is -3.11. The fourth-order valence-corrected chi connectivity index (χ4v) is 6.23. The van der Waals surface area contributed by atoms with Crippen molar-refractivity contribution in [3.05, 3.63) is 71.3 Å². The SMILES string of the molecule is COc1ccc(NC(=O)[C@H](CCCCN)NC(=O)c2cc(NC(=O)[C@H](CCCCN)NC(=O)c3cc(NC(=O)[C@@H](N)CCCCN)ccc3OC)ccc2OC)cc1C(N)=O. The zero-order chi connectivity index (χ0) is 44.9. The molecule has 0 aromatic heterocycles. The number of carbonyl (C=O) groups excluding carboxylic acids is 6. The summed E-state index contributed by atoms with van der Waals surface area (Å²) >= 11 is 0. The summed E-state index contributed by atoms with van der Waals surface area (Å²) in [5.41, 5.74) is 29.4. The van der Waals surface area contributed by atoms with Gasteiger partial charge in [-0.25, -0.2) is 0 Å². The Hall–Kier alpha value is -6.28. The van der Waals surface area contributed by atoms with Gasteiger partial charge in [0.05, 0.1) is 44.1 Å². The minimum atomic E-state index is -1.07. The van der Waals surface area contributed by atoms with Crippen molar-refractivity contribution < 1.29 is 43.0 Å². The van der Waals surface area contributed by atoms with E-state index in [1.54, 1.807) is 6.07 Å². The fraction of sp³-hybridized carbons (Fsp3) is 0.429. The van der Waals surface area contributed by atoms with Gasteiger partial charge >= 0.3 is 0 Å². The van der Waals surface area contributed by atoms with Crippen molar-refractivity contribution in [2.45, 2.75) is 75.9 Å². The van der Waals surface area contributed by atoms with Crippen molar-refractivity contribution in [3.63, 3.8) is 0 Å². The number of anilines is 3. The smallest absolute Gasteiger partial charge is 0.255 e. The van der Waals surface area contributed by atoms with Gasteiger partial charge in [0.1, 0.15) is 29.3 Å². The Bertz CT molecular complexity index is 1980. The van der Waals surface area contributed by atoms with E-state index in [0.29, 0.717) is 63.8 Å². The number of methoxy groups -OCH3 is 3. The van der Waals surface area contributed by atoms with Gasteiger partial charge < -0.3 is 69.5 Å². The maximum Gasteiger partial charge on any atom is 0.255 e. The van der Waals surface area contributed by atoms with Gasteiger partial charge in [0.2, 0.25) is 17.7 Å². The first-order valence-corrected chi connectivity index (χ1v) is 20.0. The Morgan fingerprint density at radius 1 is 0.508 bits per heavy atom. The molecule has 0 saturated heterocycles. The van der Waals surface area contributed by atoms with Crippen LogP contribution in [-0.2, 0) is 14.4 Å². The van der Waals surface area contributed by atoms with Crippen LogP contribution in [0.4, 0.5) is 17.1 Å². The van der Waals surface area contributed by atoms with E-state index in [4.69, 9.17) is 42.9 Å². The molecule has 6 amide bonds. The zero-order valence-corrected chi connectivity index (χ0v) is 35.0. The van der Waals surface area contributed by atoms with Gasteiger partial charge in [0, 0.05) is 17.1 Å². The Labute approximate surface area is 355 Å². The third-order valence-electron chi connectivity index (χ3n) is 9.60. The minimum Gasteiger partial charge on any atom is -0.496 e. The van der Waals surface area contributed by atoms with E-state index in [0.717, 1.165) is 6.42 Å². The van der Waals surface area contributed by atoms with Crippen molar-refractivity contribution in [2.24, 2.45) is 28.7 Å². The molecule has 3 aromatic rings. The lowest BCUT2D eigenvalue weighted by atomic mass is 10.1. The maximum absolute atomic E-state index is 13.9. The maximum atomic E-state index is 13.9. The van der Waals surface area contributed by atoms with Crippen LogP contribution < -0.4 is 69.5 Å². The Morgan fingerprint density at radius 3 is 1.21 bits per heavy atom. The van der Waals surface area contributed by atoms with Crippen LogP contribution in [0.1, 0.15) is 88.9 Å². The van der Waals surface area contributed by atoms with Crippen molar-refractivity contribution >= 4 is 52.5 Å². The second kappa shape index (κ2) is 25.4. The summed E-state index contributed by atoms with van der Waals surface area (Å²) in [6, 6.07) is 10.4. The molecule has 3 rings (SSSR count). The average Bonchev–Trinajstić information content (AvgIpc) is 3.25. The number of hydrogen-bond acceptors (Lipinski definition) is 13. The molecule has 0 saturated carbocycles. The molecule has 19 nitrogen and oxygen atoms in total. The van der Waals surface area contributed by atoms with E-state index in [-0.39, 0.29) is 58.2 Å². The lowest BCUT2D eigenvalue weighted by Crippen LogP contribution is -2.44. The summed E-state index contributed by atoms with van der Waals surface area (Å²) in [6.07, 6.45) is 4.44. The minimum absolute atomic E-state index is 0.00352. The summed E-state index contributed by atoms with van der Waals surface area (Å²) in [6.45, 7) is 1.22. The average molecular weight is 849 g/mol. The standard InChI is InChI=1S/C42H60N10O9/c1-59-34-16-13-25(22-28(34)37(47)53)49-41(57)32(11-5-8-20-44)51-39(55)30-24-27(15-18-36(30)61-3)50-42(58)33(12-6-9-21-45)52-38(54)29-23-26(14-17-35(29)60-2)48-40(56)31(46)10-4-7-19-43/h13-18,22-24,31-33H,4-12,19-21,43-46H2,1-3H3,(H2,47,53)(H,48,56)(H,49,57)(H,50,58)(H,51,55)(H,52,54)/t31-,32-,33-/m0/s1. The molecule has 3 atom stereocenters. The van der Waals surface area contributed by atoms with E-state index < -0.39 is 53.6 Å². The quantitative estimate of drug-likeness (QED) is 0.0517. The molecule has 0 aliphatic heterocycles. The Kier molecular flexibility index (Phi) is 20.4. The van der Waals surface area contributed by atoms with Crippen LogP contribution >= 0.6 is 0 Å². The third-order valence-corrected chi connectivity index (χ3v) is 9.60. The fourth-order valence-electron chi connectivity index (χ4n) is 6.23. The van der Waals surface area contributed by atoms with Gasteiger partial charge in [-0.1, -0.05) is 6.42 Å². The molecule has 0 aliphatic rings. The highest BCUT2D eigenvalue weighted by Crippen LogP contribution is 2.26. The number of rotatable bonds is 26. The van der Waals surface area contributed by atoms with Crippen LogP contribution in [0, 0.1) is 0 Å². The molecule has 0 unspecified atom stereocenters. The number of carbonyl (C=O) groups is 6. The highest BCUT2D eigenvalue weighted by atomic mass is 16.5. The molecule has 19 heteroatoms. The lowest BCUT2D eigenvalue weighted by molar-refractivity contribution is -0.118. The third kappa shape index (κ3) is 15.0. The van der Waals surface area contributed by atoms with Gasteiger partial charge in [0.15, 0.2) is 0 Å². The highest BCUT2D eigenvalue weighted by molar-refractivity contribution is 6.06. The monoisotopic (exact) mass is 848 g/mol. The summed E-state index contributed by atoms with van der Waals surface area (Å²) in [7, 11) is 4.13. The predicted molar refractivity (Wildman–Crippen MR) is 233 cm³/mol. The molecule has 0 spiro atoms. The molecule has 332 valence electrons. The van der Waals surface area contributed by atoms with Gasteiger partial charge in [-0.05, 0) is 126 Å². The first-order valence-electron chi connectivity index (χ1n) is 20.0. The van der Waals surface area contributed by atoms with Crippen molar-refractivity contribution in [1.29, 1.82) is 0 Å². The van der Waals surface area contributed by atoms with E-state index in [1.807, 2.05) is 0 Å². The number of ether oxygens (including phenoxy) is 3. The number of nitrogens with two attached hydrogens (primary N) is 5. The summed E-state index contributed by atoms with van der Waals surface area (Å²) in [5, 5.41) is 13.7.